The van der Waals surface area contributed by atoms with Gasteiger partial charge in [-0.1, -0.05) is 18.6 Å². The van der Waals surface area contributed by atoms with Gasteiger partial charge in [0.05, 0.1) is 0 Å². The van der Waals surface area contributed by atoms with E-state index in [-0.39, 0.29) is 11.9 Å². The van der Waals surface area contributed by atoms with Gasteiger partial charge in [0, 0.05) is 6.04 Å². The minimum Gasteiger partial charge on any atom is -0.327 e. The van der Waals surface area contributed by atoms with Crippen LogP contribution in [0.25, 0.3) is 0 Å². The summed E-state index contributed by atoms with van der Waals surface area (Å²) < 4.78 is 12.6. The summed E-state index contributed by atoms with van der Waals surface area (Å²) in [5.41, 5.74) is 7.14. The first-order valence-electron chi connectivity index (χ1n) is 4.78. The molecule has 1 saturated carbocycles. The van der Waals surface area contributed by atoms with Gasteiger partial charge in [-0.25, -0.2) is 4.39 Å². The van der Waals surface area contributed by atoms with Gasteiger partial charge in [0.25, 0.3) is 0 Å². The maximum absolute atomic E-state index is 12.6. The molecule has 1 aliphatic carbocycles. The second-order valence-electron chi connectivity index (χ2n) is 3.75. The average Bonchev–Trinajstić information content (AvgIpc) is 2.53. The van der Waals surface area contributed by atoms with E-state index in [1.807, 2.05) is 12.1 Å². The van der Waals surface area contributed by atoms with Crippen LogP contribution in [0.3, 0.4) is 0 Å². The van der Waals surface area contributed by atoms with Crippen molar-refractivity contribution < 1.29 is 4.39 Å². The molecule has 0 aromatic heterocycles. The fourth-order valence-electron chi connectivity index (χ4n) is 2.11. The van der Waals surface area contributed by atoms with E-state index in [0.29, 0.717) is 5.92 Å². The highest BCUT2D eigenvalue weighted by molar-refractivity contribution is 5.23. The Balaban J connectivity index is 2.20. The highest BCUT2D eigenvalue weighted by Crippen LogP contribution is 2.33. The Labute approximate surface area is 77.8 Å². The van der Waals surface area contributed by atoms with Gasteiger partial charge in [0.2, 0.25) is 0 Å². The topological polar surface area (TPSA) is 26.0 Å². The van der Waals surface area contributed by atoms with Crippen molar-refractivity contribution >= 4 is 0 Å². The maximum Gasteiger partial charge on any atom is 0.123 e. The van der Waals surface area contributed by atoms with Crippen molar-refractivity contribution in [2.75, 3.05) is 0 Å². The third-order valence-corrected chi connectivity index (χ3v) is 2.87. The Bertz CT molecular complexity index is 281. The van der Waals surface area contributed by atoms with E-state index in [1.54, 1.807) is 0 Å². The maximum atomic E-state index is 12.6. The molecule has 0 amide bonds. The lowest BCUT2D eigenvalue weighted by atomic mass is 9.95. The molecular weight excluding hydrogens is 165 g/mol. The smallest absolute Gasteiger partial charge is 0.123 e. The minimum absolute atomic E-state index is 0.171. The van der Waals surface area contributed by atoms with Crippen molar-refractivity contribution in [3.05, 3.63) is 35.6 Å². The molecule has 1 nitrogen and oxygen atoms in total. The normalized spacial score (nSPS) is 27.8. The van der Waals surface area contributed by atoms with Gasteiger partial charge < -0.3 is 5.73 Å². The summed E-state index contributed by atoms with van der Waals surface area (Å²) in [4.78, 5) is 0. The zero-order valence-electron chi connectivity index (χ0n) is 7.54. The molecule has 2 atom stereocenters. The lowest BCUT2D eigenvalue weighted by Crippen LogP contribution is -2.22. The minimum atomic E-state index is -0.171. The highest BCUT2D eigenvalue weighted by Gasteiger charge is 2.24. The molecule has 2 N–H and O–H groups in total. The summed E-state index contributed by atoms with van der Waals surface area (Å²) in [7, 11) is 0. The summed E-state index contributed by atoms with van der Waals surface area (Å²) in [6, 6.07) is 7.00. The third-order valence-electron chi connectivity index (χ3n) is 2.87. The third kappa shape index (κ3) is 1.73. The van der Waals surface area contributed by atoms with Gasteiger partial charge in [-0.2, -0.15) is 0 Å². The van der Waals surface area contributed by atoms with E-state index in [2.05, 4.69) is 0 Å². The van der Waals surface area contributed by atoms with Crippen LogP contribution in [0.4, 0.5) is 4.39 Å². The van der Waals surface area contributed by atoms with E-state index in [1.165, 1.54) is 24.1 Å². The molecule has 1 fully saturated rings. The van der Waals surface area contributed by atoms with Crippen LogP contribution in [0, 0.1) is 5.82 Å². The molecule has 0 spiro atoms. The van der Waals surface area contributed by atoms with E-state index in [0.717, 1.165) is 12.8 Å². The van der Waals surface area contributed by atoms with Gasteiger partial charge >= 0.3 is 0 Å². The first-order valence-corrected chi connectivity index (χ1v) is 4.78. The van der Waals surface area contributed by atoms with Crippen LogP contribution < -0.4 is 5.73 Å². The van der Waals surface area contributed by atoms with Crippen LogP contribution in [0.5, 0.6) is 0 Å². The van der Waals surface area contributed by atoms with Crippen molar-refractivity contribution in [3.8, 4) is 0 Å². The molecule has 0 aliphatic heterocycles. The number of rotatable bonds is 1. The number of halogens is 1. The van der Waals surface area contributed by atoms with Crippen molar-refractivity contribution in [3.63, 3.8) is 0 Å². The van der Waals surface area contributed by atoms with Crippen LogP contribution >= 0.6 is 0 Å². The molecular formula is C11H14FN. The zero-order chi connectivity index (χ0) is 9.26. The second-order valence-corrected chi connectivity index (χ2v) is 3.75. The molecule has 70 valence electrons. The van der Waals surface area contributed by atoms with Crippen LogP contribution in [-0.4, -0.2) is 6.04 Å². The van der Waals surface area contributed by atoms with E-state index < -0.39 is 0 Å². The first-order chi connectivity index (χ1) is 6.27. The Morgan fingerprint density at radius 1 is 1.15 bits per heavy atom. The monoisotopic (exact) mass is 179 g/mol. The molecule has 0 unspecified atom stereocenters. The summed E-state index contributed by atoms with van der Waals surface area (Å²) in [6.07, 6.45) is 3.44. The van der Waals surface area contributed by atoms with Crippen molar-refractivity contribution in [1.82, 2.24) is 0 Å². The summed E-state index contributed by atoms with van der Waals surface area (Å²) >= 11 is 0. The van der Waals surface area contributed by atoms with Gasteiger partial charge in [0.1, 0.15) is 5.82 Å². The van der Waals surface area contributed by atoms with Gasteiger partial charge in [-0.15, -0.1) is 0 Å². The molecule has 2 rings (SSSR count). The van der Waals surface area contributed by atoms with Gasteiger partial charge in [-0.3, -0.25) is 0 Å². The number of nitrogens with two attached hydrogens (primary N) is 1. The van der Waals surface area contributed by atoms with E-state index in [9.17, 15) is 4.39 Å². The fraction of sp³-hybridized carbons (Fsp3) is 0.455. The van der Waals surface area contributed by atoms with Crippen molar-refractivity contribution in [1.29, 1.82) is 0 Å². The lowest BCUT2D eigenvalue weighted by Gasteiger charge is -2.15. The number of hydrogen-bond donors (Lipinski definition) is 1. The standard InChI is InChI=1S/C11H14FN/c12-9-6-4-8(5-7-9)10-2-1-3-11(10)13/h4-7,10-11H,1-3,13H2/t10-,11+/m1/s1. The Morgan fingerprint density at radius 3 is 2.38 bits per heavy atom. The molecule has 2 heteroatoms. The predicted molar refractivity (Wildman–Crippen MR) is 51.0 cm³/mol. The van der Waals surface area contributed by atoms with E-state index >= 15 is 0 Å². The summed E-state index contributed by atoms with van der Waals surface area (Å²) in [5, 5.41) is 0. The molecule has 1 aromatic rings. The van der Waals surface area contributed by atoms with E-state index in [4.69, 9.17) is 5.73 Å². The van der Waals surface area contributed by atoms with Crippen LogP contribution in [0.2, 0.25) is 0 Å². The molecule has 13 heavy (non-hydrogen) atoms. The Morgan fingerprint density at radius 2 is 1.85 bits per heavy atom. The van der Waals surface area contributed by atoms with Crippen LogP contribution in [-0.2, 0) is 0 Å². The average molecular weight is 179 g/mol. The number of hydrogen-bond acceptors (Lipinski definition) is 1. The summed E-state index contributed by atoms with van der Waals surface area (Å²) in [6.45, 7) is 0. The molecule has 0 radical (unpaired) electrons. The van der Waals surface area contributed by atoms with Crippen LogP contribution in [0.15, 0.2) is 24.3 Å². The first kappa shape index (κ1) is 8.70. The van der Waals surface area contributed by atoms with Crippen molar-refractivity contribution in [2.45, 2.75) is 31.2 Å². The quantitative estimate of drug-likeness (QED) is 0.704. The Kier molecular flexibility index (Phi) is 2.32. The second kappa shape index (κ2) is 3.46. The predicted octanol–water partition coefficient (Wildman–Crippen LogP) is 2.42. The largest absolute Gasteiger partial charge is 0.327 e. The van der Waals surface area contributed by atoms with Crippen LogP contribution in [0.1, 0.15) is 30.7 Å². The summed E-state index contributed by atoms with van der Waals surface area (Å²) in [5.74, 6) is 0.274. The molecule has 0 heterocycles. The molecule has 1 aliphatic rings. The van der Waals surface area contributed by atoms with Gasteiger partial charge in [-0.05, 0) is 36.5 Å². The molecule has 0 bridgehead atoms. The number of benzene rings is 1. The molecule has 0 saturated heterocycles. The lowest BCUT2D eigenvalue weighted by molar-refractivity contribution is 0.603. The fourth-order valence-corrected chi connectivity index (χ4v) is 2.11. The SMILES string of the molecule is N[C@H]1CCC[C@@H]1c1ccc(F)cc1. The Hall–Kier alpha value is -0.890. The highest BCUT2D eigenvalue weighted by atomic mass is 19.1. The van der Waals surface area contributed by atoms with Gasteiger partial charge in [0.15, 0.2) is 0 Å². The molecule has 1 aromatic carbocycles. The zero-order valence-corrected chi connectivity index (χ0v) is 7.54. The van der Waals surface area contributed by atoms with Crippen molar-refractivity contribution in [2.24, 2.45) is 5.73 Å².